The molecule has 0 radical (unpaired) electrons. The van der Waals surface area contributed by atoms with Crippen LogP contribution >= 0.6 is 15.2 Å². The summed E-state index contributed by atoms with van der Waals surface area (Å²) in [5.41, 5.74) is 0. The Morgan fingerprint density at radius 1 is 0.583 bits per heavy atom. The second-order valence-corrected chi connectivity index (χ2v) is 9.21. The molecule has 146 valence electrons. The van der Waals surface area contributed by atoms with Crippen LogP contribution in [-0.2, 0) is 27.2 Å². The van der Waals surface area contributed by atoms with Crippen molar-refractivity contribution in [3.05, 3.63) is 0 Å². The molecular weight excluding hydrogens is 354 g/mol. The van der Waals surface area contributed by atoms with Crippen molar-refractivity contribution in [1.82, 2.24) is 10.6 Å². The monoisotopic (exact) mass is 388 g/mol. The van der Waals surface area contributed by atoms with E-state index in [9.17, 15) is 9.13 Å². The first kappa shape index (κ1) is 24.2. The average molecular weight is 388 g/mol. The van der Waals surface area contributed by atoms with Crippen LogP contribution in [0.4, 0.5) is 0 Å². The van der Waals surface area contributed by atoms with Crippen LogP contribution in [0.3, 0.4) is 0 Å². The highest BCUT2D eigenvalue weighted by Gasteiger charge is 2.23. The zero-order valence-electron chi connectivity index (χ0n) is 15.4. The van der Waals surface area contributed by atoms with Gasteiger partial charge < -0.3 is 28.7 Å². The van der Waals surface area contributed by atoms with E-state index < -0.39 is 15.2 Å². The Morgan fingerprint density at radius 2 is 0.875 bits per heavy atom. The van der Waals surface area contributed by atoms with Crippen molar-refractivity contribution in [1.29, 1.82) is 0 Å². The molecular formula is C14H34N2O6P2. The highest BCUT2D eigenvalue weighted by atomic mass is 31.2. The van der Waals surface area contributed by atoms with Gasteiger partial charge in [0.2, 0.25) is 0 Å². The molecule has 0 bridgehead atoms. The normalized spacial score (nSPS) is 12.7. The van der Waals surface area contributed by atoms with Crippen LogP contribution in [0.25, 0.3) is 0 Å². The molecule has 0 saturated carbocycles. The number of hydrogen-bond donors (Lipinski definition) is 2. The van der Waals surface area contributed by atoms with E-state index in [1.54, 1.807) is 27.7 Å². The van der Waals surface area contributed by atoms with Gasteiger partial charge in [-0.3, -0.25) is 9.13 Å². The number of nitrogens with one attached hydrogen (secondary N) is 2. The minimum absolute atomic E-state index is 0.346. The lowest BCUT2D eigenvalue weighted by Crippen LogP contribution is -2.31. The molecule has 0 fully saturated rings. The molecule has 0 aromatic carbocycles. The summed E-state index contributed by atoms with van der Waals surface area (Å²) in [6.07, 6.45) is 0.692. The Labute approximate surface area is 146 Å². The molecule has 0 aliphatic heterocycles. The van der Waals surface area contributed by atoms with Crippen LogP contribution in [0.2, 0.25) is 0 Å². The van der Waals surface area contributed by atoms with E-state index in [-0.39, 0.29) is 0 Å². The van der Waals surface area contributed by atoms with E-state index in [2.05, 4.69) is 10.6 Å². The Bertz CT molecular complexity index is 341. The van der Waals surface area contributed by atoms with Crippen molar-refractivity contribution in [3.8, 4) is 0 Å². The molecule has 2 N–H and O–H groups in total. The van der Waals surface area contributed by atoms with E-state index >= 15 is 0 Å². The summed E-state index contributed by atoms with van der Waals surface area (Å²) in [4.78, 5) is 0. The number of rotatable bonds is 17. The Hall–Kier alpha value is 0.220. The van der Waals surface area contributed by atoms with Crippen LogP contribution in [0.15, 0.2) is 0 Å². The van der Waals surface area contributed by atoms with Crippen molar-refractivity contribution in [2.24, 2.45) is 0 Å². The molecule has 24 heavy (non-hydrogen) atoms. The molecule has 0 aromatic heterocycles. The molecule has 0 unspecified atom stereocenters. The van der Waals surface area contributed by atoms with Gasteiger partial charge in [-0.25, -0.2) is 0 Å². The van der Waals surface area contributed by atoms with Gasteiger partial charge in [-0.05, 0) is 27.7 Å². The van der Waals surface area contributed by atoms with Gasteiger partial charge in [0.05, 0.1) is 38.8 Å². The predicted octanol–water partition coefficient (Wildman–Crippen LogP) is 2.70. The fraction of sp³-hybridized carbons (Fsp3) is 1.00. The van der Waals surface area contributed by atoms with Gasteiger partial charge in [-0.15, -0.1) is 0 Å². The van der Waals surface area contributed by atoms with Gasteiger partial charge in [0, 0.05) is 26.2 Å². The lowest BCUT2D eigenvalue weighted by molar-refractivity contribution is 0.219. The van der Waals surface area contributed by atoms with Crippen LogP contribution in [0, 0.1) is 0 Å². The van der Waals surface area contributed by atoms with E-state index in [0.717, 1.165) is 0 Å². The summed E-state index contributed by atoms with van der Waals surface area (Å²) >= 11 is 0. The van der Waals surface area contributed by atoms with Gasteiger partial charge in [0.1, 0.15) is 0 Å². The molecule has 0 aromatic rings. The van der Waals surface area contributed by atoms with E-state index in [0.29, 0.717) is 64.9 Å². The molecule has 0 rings (SSSR count). The molecule has 0 aliphatic rings. The standard InChI is InChI=1S/C14H34N2O6P2/c1-5-19-23(17,20-6-2)13-11-15-9-10-16-12-14-24(18,21-7-3)22-8-4/h15-16H,5-14H2,1-4H3. The van der Waals surface area contributed by atoms with E-state index in [1.165, 1.54) is 0 Å². The number of hydrogen-bond acceptors (Lipinski definition) is 8. The third kappa shape index (κ3) is 11.7. The largest absolute Gasteiger partial charge is 0.331 e. The van der Waals surface area contributed by atoms with Crippen LogP contribution in [-0.4, -0.2) is 64.9 Å². The lowest BCUT2D eigenvalue weighted by Gasteiger charge is -2.18. The van der Waals surface area contributed by atoms with Crippen molar-refractivity contribution in [2.75, 3.05) is 64.9 Å². The van der Waals surface area contributed by atoms with Crippen molar-refractivity contribution >= 4 is 15.2 Å². The van der Waals surface area contributed by atoms with Gasteiger partial charge in [-0.2, -0.15) is 0 Å². The van der Waals surface area contributed by atoms with Crippen molar-refractivity contribution in [3.63, 3.8) is 0 Å². The van der Waals surface area contributed by atoms with E-state index in [4.69, 9.17) is 18.1 Å². The fourth-order valence-corrected chi connectivity index (χ4v) is 5.08. The van der Waals surface area contributed by atoms with Gasteiger partial charge in [0.25, 0.3) is 0 Å². The summed E-state index contributed by atoms with van der Waals surface area (Å²) in [6, 6.07) is 0. The SMILES string of the molecule is CCOP(=O)(CCNCCNCCP(=O)(OCC)OCC)OCC. The zero-order chi connectivity index (χ0) is 18.3. The third-order valence-electron chi connectivity index (χ3n) is 2.91. The fourth-order valence-electron chi connectivity index (χ4n) is 1.98. The average Bonchev–Trinajstić information content (AvgIpc) is 2.51. The molecule has 8 nitrogen and oxygen atoms in total. The zero-order valence-corrected chi connectivity index (χ0v) is 17.2. The summed E-state index contributed by atoms with van der Waals surface area (Å²) in [6.45, 7) is 11.2. The smallest absolute Gasteiger partial charge is 0.315 e. The summed E-state index contributed by atoms with van der Waals surface area (Å²) in [7, 11) is -5.94. The maximum Gasteiger partial charge on any atom is 0.331 e. The topological polar surface area (TPSA) is 95.1 Å². The molecule has 0 amide bonds. The highest BCUT2D eigenvalue weighted by Crippen LogP contribution is 2.47. The lowest BCUT2D eigenvalue weighted by atomic mass is 10.5. The highest BCUT2D eigenvalue weighted by molar-refractivity contribution is 7.54. The minimum Gasteiger partial charge on any atom is -0.315 e. The van der Waals surface area contributed by atoms with Crippen LogP contribution in [0.5, 0.6) is 0 Å². The Kier molecular flexibility index (Phi) is 14.5. The van der Waals surface area contributed by atoms with Crippen molar-refractivity contribution < 1.29 is 27.2 Å². The summed E-state index contributed by atoms with van der Waals surface area (Å²) in [5.74, 6) is 0. The van der Waals surface area contributed by atoms with Gasteiger partial charge >= 0.3 is 15.2 Å². The predicted molar refractivity (Wildman–Crippen MR) is 97.2 cm³/mol. The quantitative estimate of drug-likeness (QED) is 0.290. The Morgan fingerprint density at radius 3 is 1.12 bits per heavy atom. The Balaban J connectivity index is 3.79. The van der Waals surface area contributed by atoms with Gasteiger partial charge in [0.15, 0.2) is 0 Å². The maximum absolute atomic E-state index is 12.2. The molecule has 0 heterocycles. The third-order valence-corrected chi connectivity index (χ3v) is 7.06. The van der Waals surface area contributed by atoms with Crippen LogP contribution < -0.4 is 10.6 Å². The minimum atomic E-state index is -2.97. The molecule has 10 heteroatoms. The first-order chi connectivity index (χ1) is 11.4. The molecule has 0 saturated heterocycles. The first-order valence-corrected chi connectivity index (χ1v) is 12.1. The second kappa shape index (κ2) is 14.4. The van der Waals surface area contributed by atoms with Crippen LogP contribution in [0.1, 0.15) is 27.7 Å². The van der Waals surface area contributed by atoms with Crippen molar-refractivity contribution in [2.45, 2.75) is 27.7 Å². The van der Waals surface area contributed by atoms with E-state index in [1.807, 2.05) is 0 Å². The first-order valence-electron chi connectivity index (χ1n) is 8.63. The second-order valence-electron chi connectivity index (χ2n) is 4.84. The van der Waals surface area contributed by atoms with Gasteiger partial charge in [-0.1, -0.05) is 0 Å². The summed E-state index contributed by atoms with van der Waals surface area (Å²) in [5, 5.41) is 6.36. The molecule has 0 spiro atoms. The summed E-state index contributed by atoms with van der Waals surface area (Å²) < 4.78 is 45.3. The maximum atomic E-state index is 12.2. The molecule has 0 atom stereocenters. The molecule has 0 aliphatic carbocycles.